The van der Waals surface area contributed by atoms with Gasteiger partial charge in [0.2, 0.25) is 0 Å². The monoisotopic (exact) mass is 368 g/mol. The summed E-state index contributed by atoms with van der Waals surface area (Å²) in [6.45, 7) is 5.60. The largest absolute Gasteiger partial charge is 0.483 e. The lowest BCUT2D eigenvalue weighted by Gasteiger charge is -2.37. The summed E-state index contributed by atoms with van der Waals surface area (Å²) in [4.78, 5) is 2.44. The van der Waals surface area contributed by atoms with E-state index in [2.05, 4.69) is 10.2 Å². The van der Waals surface area contributed by atoms with E-state index in [1.165, 1.54) is 0 Å². The van der Waals surface area contributed by atoms with Crippen LogP contribution in [-0.4, -0.2) is 55.5 Å². The average molecular weight is 368 g/mol. The number of nitrogens with one attached hydrogen (secondary N) is 1. The van der Waals surface area contributed by atoms with Crippen molar-refractivity contribution in [3.63, 3.8) is 0 Å². The van der Waals surface area contributed by atoms with Crippen LogP contribution in [0.15, 0.2) is 54.6 Å². The van der Waals surface area contributed by atoms with E-state index in [1.54, 1.807) is 0 Å². The van der Waals surface area contributed by atoms with Gasteiger partial charge >= 0.3 is 0 Å². The molecule has 4 rings (SSSR count). The van der Waals surface area contributed by atoms with E-state index < -0.39 is 6.10 Å². The first-order valence-electron chi connectivity index (χ1n) is 9.85. The number of morpholine rings is 1. The molecule has 2 N–H and O–H groups in total. The van der Waals surface area contributed by atoms with Gasteiger partial charge < -0.3 is 19.9 Å². The number of aliphatic hydroxyl groups excluding tert-OH is 1. The molecule has 144 valence electrons. The van der Waals surface area contributed by atoms with E-state index in [0.29, 0.717) is 0 Å². The first kappa shape index (κ1) is 18.4. The Labute approximate surface area is 160 Å². The van der Waals surface area contributed by atoms with Gasteiger partial charge in [-0.05, 0) is 31.1 Å². The lowest BCUT2D eigenvalue weighted by molar-refractivity contribution is -0.00903. The average Bonchev–Trinajstić information content (AvgIpc) is 2.73. The molecule has 0 radical (unpaired) electrons. The van der Waals surface area contributed by atoms with Crippen molar-refractivity contribution in [2.45, 2.75) is 24.7 Å². The van der Waals surface area contributed by atoms with Gasteiger partial charge in [0.05, 0.1) is 19.3 Å². The molecule has 2 aliphatic rings. The first-order valence-corrected chi connectivity index (χ1v) is 9.85. The summed E-state index contributed by atoms with van der Waals surface area (Å²) in [5, 5.41) is 14.6. The topological polar surface area (TPSA) is 54.0 Å². The number of hydrogen-bond donors (Lipinski definition) is 2. The molecule has 2 aromatic rings. The third-order valence-electron chi connectivity index (χ3n) is 5.41. The predicted molar refractivity (Wildman–Crippen MR) is 105 cm³/mol. The van der Waals surface area contributed by atoms with Crippen LogP contribution in [0.5, 0.6) is 5.75 Å². The van der Waals surface area contributed by atoms with Crippen LogP contribution in [0.1, 0.15) is 29.7 Å². The molecule has 0 bridgehead atoms. The minimum absolute atomic E-state index is 0.134. The maximum atomic E-state index is 11.1. The van der Waals surface area contributed by atoms with Crippen molar-refractivity contribution in [2.75, 3.05) is 39.4 Å². The van der Waals surface area contributed by atoms with Crippen molar-refractivity contribution in [3.8, 4) is 5.75 Å². The van der Waals surface area contributed by atoms with Crippen molar-refractivity contribution in [2.24, 2.45) is 0 Å². The van der Waals surface area contributed by atoms with E-state index in [4.69, 9.17) is 9.47 Å². The molecule has 2 aliphatic heterocycles. The van der Waals surface area contributed by atoms with Gasteiger partial charge in [0.15, 0.2) is 6.10 Å². The van der Waals surface area contributed by atoms with Crippen molar-refractivity contribution in [1.29, 1.82) is 0 Å². The summed E-state index contributed by atoms with van der Waals surface area (Å²) in [6.07, 6.45) is 0.0472. The molecule has 0 saturated carbocycles. The normalized spacial score (nSPS) is 25.6. The summed E-state index contributed by atoms with van der Waals surface area (Å²) in [7, 11) is 0. The van der Waals surface area contributed by atoms with E-state index in [1.807, 2.05) is 54.6 Å². The standard InChI is InChI=1S/C22H28N2O3/c25-21-20(23-11-6-12-24-13-15-26-16-14-24)18-9-4-5-10-19(18)27-22(21)17-7-2-1-3-8-17/h1-5,7-10,20-23,25H,6,11-16H2. The Morgan fingerprint density at radius 3 is 2.56 bits per heavy atom. The zero-order valence-electron chi connectivity index (χ0n) is 15.6. The van der Waals surface area contributed by atoms with E-state index in [-0.39, 0.29) is 12.1 Å². The Bertz CT molecular complexity index is 719. The van der Waals surface area contributed by atoms with Gasteiger partial charge in [-0.15, -0.1) is 0 Å². The van der Waals surface area contributed by atoms with Crippen LogP contribution in [0.4, 0.5) is 0 Å². The van der Waals surface area contributed by atoms with Crippen LogP contribution in [-0.2, 0) is 4.74 Å². The smallest absolute Gasteiger partial charge is 0.151 e. The fraction of sp³-hybridized carbons (Fsp3) is 0.455. The molecule has 0 aliphatic carbocycles. The quantitative estimate of drug-likeness (QED) is 0.768. The highest BCUT2D eigenvalue weighted by Gasteiger charge is 2.37. The van der Waals surface area contributed by atoms with Gasteiger partial charge in [-0.3, -0.25) is 4.90 Å². The number of aliphatic hydroxyl groups is 1. The lowest BCUT2D eigenvalue weighted by atomic mass is 9.90. The van der Waals surface area contributed by atoms with Crippen LogP contribution in [0.2, 0.25) is 0 Å². The third kappa shape index (κ3) is 4.33. The van der Waals surface area contributed by atoms with Crippen LogP contribution in [0.25, 0.3) is 0 Å². The van der Waals surface area contributed by atoms with Crippen LogP contribution >= 0.6 is 0 Å². The fourth-order valence-corrected chi connectivity index (χ4v) is 3.93. The summed E-state index contributed by atoms with van der Waals surface area (Å²) in [5.74, 6) is 0.849. The number of hydrogen-bond acceptors (Lipinski definition) is 5. The molecule has 2 aromatic carbocycles. The van der Waals surface area contributed by atoms with Gasteiger partial charge in [-0.2, -0.15) is 0 Å². The molecule has 0 spiro atoms. The fourth-order valence-electron chi connectivity index (χ4n) is 3.93. The van der Waals surface area contributed by atoms with Crippen molar-refractivity contribution in [3.05, 3.63) is 65.7 Å². The van der Waals surface area contributed by atoms with Gasteiger partial charge in [-0.25, -0.2) is 0 Å². The Kier molecular flexibility index (Phi) is 6.04. The molecule has 5 heteroatoms. The molecule has 5 nitrogen and oxygen atoms in total. The Balaban J connectivity index is 1.43. The number of nitrogens with zero attached hydrogens (tertiary/aromatic N) is 1. The Morgan fingerprint density at radius 2 is 1.74 bits per heavy atom. The second-order valence-electron chi connectivity index (χ2n) is 7.22. The second-order valence-corrected chi connectivity index (χ2v) is 7.22. The zero-order valence-corrected chi connectivity index (χ0v) is 15.6. The number of fused-ring (bicyclic) bond motifs is 1. The van der Waals surface area contributed by atoms with Crippen molar-refractivity contribution in [1.82, 2.24) is 10.2 Å². The highest BCUT2D eigenvalue weighted by molar-refractivity contribution is 5.40. The summed E-state index contributed by atoms with van der Waals surface area (Å²) >= 11 is 0. The van der Waals surface area contributed by atoms with Gasteiger partial charge in [0.25, 0.3) is 0 Å². The van der Waals surface area contributed by atoms with Crippen molar-refractivity contribution < 1.29 is 14.6 Å². The minimum atomic E-state index is -0.634. The summed E-state index contributed by atoms with van der Waals surface area (Å²) < 4.78 is 11.6. The highest BCUT2D eigenvalue weighted by atomic mass is 16.5. The maximum Gasteiger partial charge on any atom is 0.151 e. The van der Waals surface area contributed by atoms with Crippen LogP contribution in [0.3, 0.4) is 0 Å². The second kappa shape index (κ2) is 8.85. The molecule has 0 aromatic heterocycles. The predicted octanol–water partition coefficient (Wildman–Crippen LogP) is 2.53. The number of benzene rings is 2. The van der Waals surface area contributed by atoms with E-state index in [0.717, 1.165) is 62.7 Å². The zero-order chi connectivity index (χ0) is 18.5. The van der Waals surface area contributed by atoms with Crippen LogP contribution < -0.4 is 10.1 Å². The van der Waals surface area contributed by atoms with Crippen molar-refractivity contribution >= 4 is 0 Å². The minimum Gasteiger partial charge on any atom is -0.483 e. The third-order valence-corrected chi connectivity index (χ3v) is 5.41. The van der Waals surface area contributed by atoms with Crippen LogP contribution in [0, 0.1) is 0 Å². The molecule has 1 saturated heterocycles. The molecular formula is C22H28N2O3. The van der Waals surface area contributed by atoms with Gasteiger partial charge in [-0.1, -0.05) is 48.5 Å². The maximum absolute atomic E-state index is 11.1. The molecule has 1 fully saturated rings. The Morgan fingerprint density at radius 1 is 1.00 bits per heavy atom. The number of rotatable bonds is 6. The molecule has 0 amide bonds. The Hall–Kier alpha value is -1.92. The molecule has 27 heavy (non-hydrogen) atoms. The molecule has 3 unspecified atom stereocenters. The number of para-hydroxylation sites is 1. The molecule has 3 atom stereocenters. The van der Waals surface area contributed by atoms with Gasteiger partial charge in [0.1, 0.15) is 11.9 Å². The summed E-state index contributed by atoms with van der Waals surface area (Å²) in [5.41, 5.74) is 2.03. The first-order chi connectivity index (χ1) is 13.3. The SMILES string of the molecule is OC1C(NCCCN2CCOCC2)c2ccccc2OC1c1ccccc1. The van der Waals surface area contributed by atoms with E-state index >= 15 is 0 Å². The molecule has 2 heterocycles. The summed E-state index contributed by atoms with van der Waals surface area (Å²) in [6, 6.07) is 17.8. The van der Waals surface area contributed by atoms with Gasteiger partial charge in [0, 0.05) is 18.7 Å². The highest BCUT2D eigenvalue weighted by Crippen LogP contribution is 2.40. The lowest BCUT2D eigenvalue weighted by Crippen LogP contribution is -2.42. The molecular weight excluding hydrogens is 340 g/mol. The van der Waals surface area contributed by atoms with E-state index in [9.17, 15) is 5.11 Å². The number of ether oxygens (including phenoxy) is 2.